The van der Waals surface area contributed by atoms with E-state index in [0.717, 1.165) is 0 Å². The van der Waals surface area contributed by atoms with Gasteiger partial charge >= 0.3 is 5.97 Å². The first-order valence-corrected chi connectivity index (χ1v) is 4.63. The van der Waals surface area contributed by atoms with Crippen molar-refractivity contribution >= 4 is 11.5 Å². The SMILES string of the molecule is C=C(C(=O)OC)c1cc(OC)ccc1OC. The zero-order valence-electron chi connectivity index (χ0n) is 9.57. The zero-order chi connectivity index (χ0) is 12.1. The van der Waals surface area contributed by atoms with E-state index in [1.165, 1.54) is 14.2 Å². The lowest BCUT2D eigenvalue weighted by Gasteiger charge is -2.11. The molecule has 4 nitrogen and oxygen atoms in total. The summed E-state index contributed by atoms with van der Waals surface area (Å²) >= 11 is 0. The van der Waals surface area contributed by atoms with Crippen molar-refractivity contribution in [3.8, 4) is 11.5 Å². The van der Waals surface area contributed by atoms with Gasteiger partial charge in [-0.05, 0) is 18.2 Å². The molecule has 0 aliphatic heterocycles. The van der Waals surface area contributed by atoms with Gasteiger partial charge in [-0.1, -0.05) is 6.58 Å². The van der Waals surface area contributed by atoms with Gasteiger partial charge in [0.1, 0.15) is 11.5 Å². The molecule has 0 saturated heterocycles. The Morgan fingerprint density at radius 3 is 2.38 bits per heavy atom. The minimum atomic E-state index is -0.494. The lowest BCUT2D eigenvalue weighted by atomic mass is 10.1. The Balaban J connectivity index is 3.18. The zero-order valence-corrected chi connectivity index (χ0v) is 9.57. The number of esters is 1. The van der Waals surface area contributed by atoms with Crippen molar-refractivity contribution in [2.24, 2.45) is 0 Å². The molecule has 4 heteroatoms. The highest BCUT2D eigenvalue weighted by Gasteiger charge is 2.15. The number of benzene rings is 1. The fourth-order valence-corrected chi connectivity index (χ4v) is 1.28. The molecule has 0 saturated carbocycles. The first-order valence-electron chi connectivity index (χ1n) is 4.63. The summed E-state index contributed by atoms with van der Waals surface area (Å²) in [5.74, 6) is 0.684. The number of rotatable bonds is 4. The van der Waals surface area contributed by atoms with E-state index >= 15 is 0 Å². The van der Waals surface area contributed by atoms with E-state index in [9.17, 15) is 4.79 Å². The molecule has 0 spiro atoms. The highest BCUT2D eigenvalue weighted by atomic mass is 16.5. The van der Waals surface area contributed by atoms with Crippen molar-refractivity contribution in [1.82, 2.24) is 0 Å². The molecule has 0 radical (unpaired) electrons. The van der Waals surface area contributed by atoms with Crippen LogP contribution < -0.4 is 9.47 Å². The van der Waals surface area contributed by atoms with Crippen LogP contribution in [0.3, 0.4) is 0 Å². The van der Waals surface area contributed by atoms with Crippen molar-refractivity contribution in [1.29, 1.82) is 0 Å². The predicted molar refractivity (Wildman–Crippen MR) is 60.6 cm³/mol. The summed E-state index contributed by atoms with van der Waals surface area (Å²) < 4.78 is 14.8. The van der Waals surface area contributed by atoms with Crippen LogP contribution in [0.5, 0.6) is 11.5 Å². The Morgan fingerprint density at radius 1 is 1.19 bits per heavy atom. The van der Waals surface area contributed by atoms with Crippen LogP contribution >= 0.6 is 0 Å². The fourth-order valence-electron chi connectivity index (χ4n) is 1.28. The van der Waals surface area contributed by atoms with Crippen molar-refractivity contribution in [2.45, 2.75) is 0 Å². The molecule has 1 aromatic rings. The van der Waals surface area contributed by atoms with E-state index < -0.39 is 5.97 Å². The first kappa shape index (κ1) is 12.1. The molecule has 0 aliphatic carbocycles. The largest absolute Gasteiger partial charge is 0.497 e. The number of ether oxygens (including phenoxy) is 3. The highest BCUT2D eigenvalue weighted by molar-refractivity contribution is 6.16. The van der Waals surface area contributed by atoms with Crippen LogP contribution in [-0.2, 0) is 9.53 Å². The molecule has 0 aliphatic rings. The predicted octanol–water partition coefficient (Wildman–Crippen LogP) is 1.89. The third-order valence-corrected chi connectivity index (χ3v) is 2.16. The number of methoxy groups -OCH3 is 3. The Hall–Kier alpha value is -1.97. The Bertz CT molecular complexity index is 409. The van der Waals surface area contributed by atoms with E-state index in [1.807, 2.05) is 0 Å². The normalized spacial score (nSPS) is 9.44. The van der Waals surface area contributed by atoms with Crippen LogP contribution in [0, 0.1) is 0 Å². The Kier molecular flexibility index (Phi) is 3.94. The van der Waals surface area contributed by atoms with E-state index in [2.05, 4.69) is 11.3 Å². The fraction of sp³-hybridized carbons (Fsp3) is 0.250. The molecule has 86 valence electrons. The second kappa shape index (κ2) is 5.21. The number of carbonyl (C=O) groups excluding carboxylic acids is 1. The summed E-state index contributed by atoms with van der Waals surface area (Å²) in [5.41, 5.74) is 0.798. The maximum Gasteiger partial charge on any atom is 0.337 e. The van der Waals surface area contributed by atoms with Gasteiger partial charge in [0.05, 0.1) is 26.9 Å². The second-order valence-electron chi connectivity index (χ2n) is 3.04. The van der Waals surface area contributed by atoms with Crippen molar-refractivity contribution in [3.05, 3.63) is 30.3 Å². The average Bonchev–Trinajstić information content (AvgIpc) is 2.35. The molecule has 0 atom stereocenters. The lowest BCUT2D eigenvalue weighted by molar-refractivity contribution is -0.133. The Morgan fingerprint density at radius 2 is 1.88 bits per heavy atom. The van der Waals surface area contributed by atoms with Gasteiger partial charge < -0.3 is 14.2 Å². The molecule has 0 aromatic heterocycles. The van der Waals surface area contributed by atoms with Crippen molar-refractivity contribution in [2.75, 3.05) is 21.3 Å². The van der Waals surface area contributed by atoms with Gasteiger partial charge in [-0.2, -0.15) is 0 Å². The summed E-state index contributed by atoms with van der Waals surface area (Å²) in [4.78, 5) is 11.4. The molecule has 1 aromatic carbocycles. The quantitative estimate of drug-likeness (QED) is 0.576. The summed E-state index contributed by atoms with van der Waals surface area (Å²) in [6, 6.07) is 5.13. The van der Waals surface area contributed by atoms with Crippen LogP contribution in [0.15, 0.2) is 24.8 Å². The molecule has 0 amide bonds. The first-order chi connectivity index (χ1) is 7.63. The topological polar surface area (TPSA) is 44.8 Å². The third kappa shape index (κ3) is 2.34. The maximum absolute atomic E-state index is 11.4. The molecular formula is C12H14O4. The highest BCUT2D eigenvalue weighted by Crippen LogP contribution is 2.29. The minimum absolute atomic E-state index is 0.234. The van der Waals surface area contributed by atoms with Gasteiger partial charge in [0.2, 0.25) is 0 Å². The Labute approximate surface area is 94.4 Å². The van der Waals surface area contributed by atoms with Crippen molar-refractivity contribution < 1.29 is 19.0 Å². The maximum atomic E-state index is 11.4. The van der Waals surface area contributed by atoms with Gasteiger partial charge in [0.25, 0.3) is 0 Å². The van der Waals surface area contributed by atoms with Gasteiger partial charge in [-0.15, -0.1) is 0 Å². The summed E-state index contributed by atoms with van der Waals surface area (Å²) in [7, 11) is 4.38. The van der Waals surface area contributed by atoms with Crippen LogP contribution in [0.2, 0.25) is 0 Å². The molecular weight excluding hydrogens is 208 g/mol. The van der Waals surface area contributed by atoms with Gasteiger partial charge in [0, 0.05) is 5.56 Å². The van der Waals surface area contributed by atoms with E-state index in [0.29, 0.717) is 17.1 Å². The van der Waals surface area contributed by atoms with Gasteiger partial charge in [-0.25, -0.2) is 4.79 Å². The van der Waals surface area contributed by atoms with Gasteiger partial charge in [-0.3, -0.25) is 0 Å². The van der Waals surface area contributed by atoms with Gasteiger partial charge in [0.15, 0.2) is 0 Å². The van der Waals surface area contributed by atoms with E-state index in [1.54, 1.807) is 25.3 Å². The molecule has 1 rings (SSSR count). The smallest absolute Gasteiger partial charge is 0.337 e. The molecule has 0 unspecified atom stereocenters. The standard InChI is InChI=1S/C12H14O4/c1-8(12(13)16-4)10-7-9(14-2)5-6-11(10)15-3/h5-7H,1H2,2-4H3. The van der Waals surface area contributed by atoms with Crippen LogP contribution in [0.25, 0.3) is 5.57 Å². The second-order valence-corrected chi connectivity index (χ2v) is 3.04. The molecule has 16 heavy (non-hydrogen) atoms. The third-order valence-electron chi connectivity index (χ3n) is 2.16. The summed E-state index contributed by atoms with van der Waals surface area (Å²) in [6.45, 7) is 3.67. The number of carbonyl (C=O) groups is 1. The van der Waals surface area contributed by atoms with Crippen LogP contribution in [0.1, 0.15) is 5.56 Å². The van der Waals surface area contributed by atoms with E-state index in [-0.39, 0.29) is 5.57 Å². The van der Waals surface area contributed by atoms with Crippen LogP contribution in [-0.4, -0.2) is 27.3 Å². The lowest BCUT2D eigenvalue weighted by Crippen LogP contribution is -2.04. The molecule has 0 N–H and O–H groups in total. The minimum Gasteiger partial charge on any atom is -0.497 e. The number of hydrogen-bond acceptors (Lipinski definition) is 4. The molecule has 0 heterocycles. The summed E-state index contributed by atoms with van der Waals surface area (Å²) in [6.07, 6.45) is 0. The van der Waals surface area contributed by atoms with Crippen molar-refractivity contribution in [3.63, 3.8) is 0 Å². The number of hydrogen-bond donors (Lipinski definition) is 0. The van der Waals surface area contributed by atoms with E-state index in [4.69, 9.17) is 9.47 Å². The van der Waals surface area contributed by atoms with Crippen LogP contribution in [0.4, 0.5) is 0 Å². The molecule has 0 bridgehead atoms. The molecule has 0 fully saturated rings. The monoisotopic (exact) mass is 222 g/mol. The average molecular weight is 222 g/mol. The summed E-state index contributed by atoms with van der Waals surface area (Å²) in [5, 5.41) is 0.